The van der Waals surface area contributed by atoms with Crippen molar-refractivity contribution in [3.63, 3.8) is 0 Å². The minimum atomic E-state index is -0.898. The molecule has 9 nitrogen and oxygen atoms in total. The summed E-state index contributed by atoms with van der Waals surface area (Å²) in [5.74, 6) is -1.57. The summed E-state index contributed by atoms with van der Waals surface area (Å²) in [6.45, 7) is 2.40. The first-order valence-electron chi connectivity index (χ1n) is 11.2. The highest BCUT2D eigenvalue weighted by Gasteiger charge is 2.21. The number of aromatic amines is 1. The highest BCUT2D eigenvalue weighted by Crippen LogP contribution is 2.36. The molecular formula is C24H21ClF2N6O3. The van der Waals surface area contributed by atoms with Crippen LogP contribution in [0.1, 0.15) is 6.42 Å². The number of amides is 1. The molecule has 1 aliphatic rings. The maximum Gasteiger partial charge on any atom is 0.326 e. The first-order valence-corrected chi connectivity index (χ1v) is 11.6. The number of carbonyl (C=O) groups excluding carboxylic acids is 1. The number of H-pyrrole nitrogens is 1. The quantitative estimate of drug-likeness (QED) is 0.376. The number of carbonyl (C=O) groups is 1. The van der Waals surface area contributed by atoms with Gasteiger partial charge in [0.05, 0.1) is 23.6 Å². The Morgan fingerprint density at radius 3 is 2.75 bits per heavy atom. The second-order valence-corrected chi connectivity index (χ2v) is 8.38. The lowest BCUT2D eigenvalue weighted by molar-refractivity contribution is -0.134. The zero-order valence-corrected chi connectivity index (χ0v) is 19.7. The molecule has 3 heterocycles. The fourth-order valence-electron chi connectivity index (χ4n) is 3.85. The van der Waals surface area contributed by atoms with Crippen LogP contribution in [0.5, 0.6) is 11.8 Å². The summed E-state index contributed by atoms with van der Waals surface area (Å²) in [7, 11) is 0. The summed E-state index contributed by atoms with van der Waals surface area (Å²) in [6.07, 6.45) is 0.216. The Bertz CT molecular complexity index is 1410. The fourth-order valence-corrected chi connectivity index (χ4v) is 4.07. The summed E-state index contributed by atoms with van der Waals surface area (Å²) in [5.41, 5.74) is 1.45. The fraction of sp³-hybridized carbons (Fsp3) is 0.250. The molecule has 2 aromatic heterocycles. The molecule has 36 heavy (non-hydrogen) atoms. The number of rotatable bonds is 7. The number of aromatic nitrogens is 4. The molecule has 1 saturated heterocycles. The van der Waals surface area contributed by atoms with Crippen LogP contribution in [0.2, 0.25) is 5.02 Å². The lowest BCUT2D eigenvalue weighted by Gasteiger charge is -2.26. The molecule has 0 radical (unpaired) electrons. The lowest BCUT2D eigenvalue weighted by atomic mass is 10.1. The van der Waals surface area contributed by atoms with Crippen molar-refractivity contribution in [1.29, 1.82) is 0 Å². The standard InChI is InChI=1S/C24H21ClF2N6O3/c25-16-4-2-1-3-15(16)21-20-22(28-8-7-19(34)33-9-11-35-12-10-33)29-24(30-23(20)32-31-21)36-18-6-5-14(26)13-17(18)27/h1-6,13H,7-12H2,(H2,28,29,30,31,32). The number of halogens is 3. The molecule has 12 heteroatoms. The Kier molecular flexibility index (Phi) is 6.92. The molecule has 2 aromatic carbocycles. The highest BCUT2D eigenvalue weighted by atomic mass is 35.5. The van der Waals surface area contributed by atoms with Gasteiger partial charge in [-0.3, -0.25) is 9.89 Å². The molecule has 0 aliphatic carbocycles. The number of benzene rings is 2. The van der Waals surface area contributed by atoms with E-state index in [1.54, 1.807) is 17.0 Å². The predicted molar refractivity (Wildman–Crippen MR) is 129 cm³/mol. The Morgan fingerprint density at radius 2 is 1.97 bits per heavy atom. The van der Waals surface area contributed by atoms with Crippen molar-refractivity contribution in [2.24, 2.45) is 0 Å². The van der Waals surface area contributed by atoms with Crippen molar-refractivity contribution in [2.45, 2.75) is 6.42 Å². The summed E-state index contributed by atoms with van der Waals surface area (Å²) < 4.78 is 38.3. The molecule has 4 aromatic rings. The van der Waals surface area contributed by atoms with Gasteiger partial charge in [-0.05, 0) is 18.2 Å². The number of ether oxygens (including phenoxy) is 2. The van der Waals surface area contributed by atoms with Gasteiger partial charge in [-0.15, -0.1) is 0 Å². The van der Waals surface area contributed by atoms with Gasteiger partial charge in [0, 0.05) is 37.7 Å². The smallest absolute Gasteiger partial charge is 0.326 e. The van der Waals surface area contributed by atoms with Crippen LogP contribution in [0.25, 0.3) is 22.3 Å². The van der Waals surface area contributed by atoms with Gasteiger partial charge in [-0.1, -0.05) is 29.8 Å². The van der Waals surface area contributed by atoms with E-state index >= 15 is 0 Å². The summed E-state index contributed by atoms with van der Waals surface area (Å²) in [4.78, 5) is 23.0. The number of hydrogen-bond donors (Lipinski definition) is 2. The van der Waals surface area contributed by atoms with Gasteiger partial charge in [0.1, 0.15) is 17.3 Å². The molecule has 0 atom stereocenters. The largest absolute Gasteiger partial charge is 0.421 e. The molecule has 1 amide bonds. The van der Waals surface area contributed by atoms with Gasteiger partial charge in [0.15, 0.2) is 17.2 Å². The Balaban J connectivity index is 1.47. The predicted octanol–water partition coefficient (Wildman–Crippen LogP) is 4.40. The van der Waals surface area contributed by atoms with Crippen molar-refractivity contribution in [3.05, 3.63) is 59.1 Å². The van der Waals surface area contributed by atoms with E-state index in [9.17, 15) is 13.6 Å². The van der Waals surface area contributed by atoms with Crippen LogP contribution in [0.4, 0.5) is 14.6 Å². The third-order valence-electron chi connectivity index (χ3n) is 5.62. The average Bonchev–Trinajstić information content (AvgIpc) is 3.30. The number of nitrogens with one attached hydrogen (secondary N) is 2. The van der Waals surface area contributed by atoms with Gasteiger partial charge >= 0.3 is 6.01 Å². The molecule has 2 N–H and O–H groups in total. The number of nitrogens with zero attached hydrogens (tertiary/aromatic N) is 4. The Labute approximate surface area is 209 Å². The third kappa shape index (κ3) is 5.07. The summed E-state index contributed by atoms with van der Waals surface area (Å²) >= 11 is 6.40. The van der Waals surface area contributed by atoms with Gasteiger partial charge in [-0.2, -0.15) is 15.1 Å². The van der Waals surface area contributed by atoms with E-state index in [1.807, 2.05) is 12.1 Å². The second-order valence-electron chi connectivity index (χ2n) is 7.98. The monoisotopic (exact) mass is 514 g/mol. The van der Waals surface area contributed by atoms with E-state index in [0.29, 0.717) is 65.5 Å². The molecule has 0 spiro atoms. The normalized spacial score (nSPS) is 13.7. The van der Waals surface area contributed by atoms with E-state index < -0.39 is 11.6 Å². The highest BCUT2D eigenvalue weighted by molar-refractivity contribution is 6.33. The van der Waals surface area contributed by atoms with Crippen molar-refractivity contribution in [1.82, 2.24) is 25.1 Å². The van der Waals surface area contributed by atoms with E-state index in [1.165, 1.54) is 0 Å². The van der Waals surface area contributed by atoms with E-state index in [4.69, 9.17) is 21.1 Å². The van der Waals surface area contributed by atoms with Crippen molar-refractivity contribution >= 4 is 34.4 Å². The van der Waals surface area contributed by atoms with Gasteiger partial charge in [0.2, 0.25) is 5.91 Å². The van der Waals surface area contributed by atoms with Gasteiger partial charge in [0.25, 0.3) is 0 Å². The van der Waals surface area contributed by atoms with Crippen molar-refractivity contribution in [3.8, 4) is 23.0 Å². The third-order valence-corrected chi connectivity index (χ3v) is 5.95. The molecular weight excluding hydrogens is 494 g/mol. The average molecular weight is 515 g/mol. The van der Waals surface area contributed by atoms with E-state index in [0.717, 1.165) is 12.1 Å². The van der Waals surface area contributed by atoms with Crippen LogP contribution in [-0.2, 0) is 9.53 Å². The zero-order chi connectivity index (χ0) is 25.1. The minimum Gasteiger partial charge on any atom is -0.421 e. The summed E-state index contributed by atoms with van der Waals surface area (Å²) in [6, 6.07) is 9.90. The topological polar surface area (TPSA) is 105 Å². The second kappa shape index (κ2) is 10.4. The molecule has 0 unspecified atom stereocenters. The van der Waals surface area contributed by atoms with Gasteiger partial charge < -0.3 is 19.7 Å². The minimum absolute atomic E-state index is 0.0144. The number of morpholine rings is 1. The van der Waals surface area contributed by atoms with Crippen LogP contribution >= 0.6 is 11.6 Å². The summed E-state index contributed by atoms with van der Waals surface area (Å²) in [5, 5.41) is 11.4. The van der Waals surface area contributed by atoms with Crippen molar-refractivity contribution < 1.29 is 23.0 Å². The number of fused-ring (bicyclic) bond motifs is 1. The molecule has 186 valence electrons. The van der Waals surface area contributed by atoms with Crippen LogP contribution in [0.3, 0.4) is 0 Å². The van der Waals surface area contributed by atoms with E-state index in [-0.39, 0.29) is 30.6 Å². The number of anilines is 1. The number of hydrogen-bond acceptors (Lipinski definition) is 7. The first kappa shape index (κ1) is 23.9. The molecule has 0 saturated carbocycles. The SMILES string of the molecule is O=C(CCNc1nc(Oc2ccc(F)cc2F)nc2[nH]nc(-c3ccccc3Cl)c12)N1CCOCC1. The van der Waals surface area contributed by atoms with Crippen LogP contribution in [-0.4, -0.2) is 63.8 Å². The molecule has 0 bridgehead atoms. The Morgan fingerprint density at radius 1 is 1.17 bits per heavy atom. The zero-order valence-electron chi connectivity index (χ0n) is 18.9. The maximum atomic E-state index is 14.2. The molecule has 5 rings (SSSR count). The van der Waals surface area contributed by atoms with Crippen molar-refractivity contribution in [2.75, 3.05) is 38.2 Å². The maximum absolute atomic E-state index is 14.2. The Hall–Kier alpha value is -3.83. The van der Waals surface area contributed by atoms with Crippen LogP contribution in [0, 0.1) is 11.6 Å². The van der Waals surface area contributed by atoms with Gasteiger partial charge in [-0.25, -0.2) is 8.78 Å². The van der Waals surface area contributed by atoms with Crippen LogP contribution in [0.15, 0.2) is 42.5 Å². The van der Waals surface area contributed by atoms with E-state index in [2.05, 4.69) is 25.5 Å². The first-order chi connectivity index (χ1) is 17.5. The molecule has 1 aliphatic heterocycles. The lowest BCUT2D eigenvalue weighted by Crippen LogP contribution is -2.41. The van der Waals surface area contributed by atoms with Crippen LogP contribution < -0.4 is 10.1 Å². The molecule has 1 fully saturated rings.